The van der Waals surface area contributed by atoms with Crippen molar-refractivity contribution in [3.63, 3.8) is 0 Å². The van der Waals surface area contributed by atoms with Crippen LogP contribution in [-0.4, -0.2) is 28.3 Å². The van der Waals surface area contributed by atoms with E-state index >= 15 is 0 Å². The molecule has 2 aliphatic rings. The fourth-order valence-electron chi connectivity index (χ4n) is 3.18. The molecule has 0 unspecified atom stereocenters. The molecular weight excluding hydrogens is 568 g/mol. The first-order valence-electron chi connectivity index (χ1n) is 7.81. The van der Waals surface area contributed by atoms with Crippen molar-refractivity contribution in [1.29, 1.82) is 0 Å². The molecule has 0 bridgehead atoms. The molecule has 1 amide bonds. The average Bonchev–Trinajstić information content (AvgIpc) is 2.82. The number of methoxy groups -OCH3 is 1. The molecule has 0 N–H and O–H groups in total. The summed E-state index contributed by atoms with van der Waals surface area (Å²) in [6.45, 7) is 0. The number of halogens is 2. The Morgan fingerprint density at radius 1 is 1.29 bits per heavy atom. The van der Waals surface area contributed by atoms with E-state index in [2.05, 4.69) is 51.2 Å². The molecule has 1 saturated heterocycles. The fourth-order valence-corrected chi connectivity index (χ4v) is 6.68. The van der Waals surface area contributed by atoms with E-state index in [4.69, 9.17) is 17.0 Å². The number of hydrogen-bond acceptors (Lipinski definition) is 4. The van der Waals surface area contributed by atoms with Crippen molar-refractivity contribution in [3.05, 3.63) is 29.7 Å². The molecule has 3 nitrogen and oxygen atoms in total. The monoisotopic (exact) mass is 585 g/mol. The van der Waals surface area contributed by atoms with Gasteiger partial charge in [-0.1, -0.05) is 43.2 Å². The first-order chi connectivity index (χ1) is 11.5. The third kappa shape index (κ3) is 3.93. The largest absolute Gasteiger partial charge is 0.495 e. The normalized spacial score (nSPS) is 21.0. The first-order valence-corrected chi connectivity index (χ1v) is 11.2. The van der Waals surface area contributed by atoms with Gasteiger partial charge in [0.15, 0.2) is 0 Å². The second-order valence-corrected chi connectivity index (χ2v) is 9.94. The minimum absolute atomic E-state index is 0.0489. The van der Waals surface area contributed by atoms with Gasteiger partial charge in [-0.3, -0.25) is 9.69 Å². The molecular formula is C17H17I2NO2S2. The third-order valence-corrected chi connectivity index (χ3v) is 7.05. The van der Waals surface area contributed by atoms with Crippen molar-refractivity contribution in [3.8, 4) is 5.75 Å². The second-order valence-electron chi connectivity index (χ2n) is 5.85. The maximum atomic E-state index is 12.9. The van der Waals surface area contributed by atoms with Crippen molar-refractivity contribution in [1.82, 2.24) is 4.90 Å². The summed E-state index contributed by atoms with van der Waals surface area (Å²) in [5.41, 5.74) is 0.929. The lowest BCUT2D eigenvalue weighted by molar-refractivity contribution is -0.124. The molecule has 128 valence electrons. The molecule has 1 aromatic carbocycles. The van der Waals surface area contributed by atoms with Gasteiger partial charge in [0.25, 0.3) is 5.91 Å². The van der Waals surface area contributed by atoms with Crippen LogP contribution < -0.4 is 4.74 Å². The number of rotatable bonds is 3. The number of nitrogens with zero attached hydrogens (tertiary/aromatic N) is 1. The van der Waals surface area contributed by atoms with E-state index in [-0.39, 0.29) is 11.9 Å². The zero-order valence-corrected chi connectivity index (χ0v) is 19.1. The van der Waals surface area contributed by atoms with Crippen LogP contribution in [0.25, 0.3) is 6.08 Å². The van der Waals surface area contributed by atoms with Crippen LogP contribution in [-0.2, 0) is 4.79 Å². The summed E-state index contributed by atoms with van der Waals surface area (Å²) >= 11 is 11.4. The van der Waals surface area contributed by atoms with E-state index in [1.807, 2.05) is 17.0 Å². The highest BCUT2D eigenvalue weighted by atomic mass is 127. The molecule has 0 spiro atoms. The highest BCUT2D eigenvalue weighted by Gasteiger charge is 2.37. The fraction of sp³-hybridized carbons (Fsp3) is 0.412. The van der Waals surface area contributed by atoms with E-state index in [1.165, 1.54) is 31.0 Å². The molecule has 3 rings (SSSR count). The number of carbonyl (C=O) groups excluding carboxylic acids is 1. The standard InChI is InChI=1S/C17H17I2NO2S2/c1-22-15-10(7-11(18)9-13(15)19)8-14-16(21)20(17(23)24-14)12-5-3-2-4-6-12/h7-9,12H,2-6H2,1H3/b14-8-. The molecule has 2 fully saturated rings. The van der Waals surface area contributed by atoms with Gasteiger partial charge in [-0.2, -0.15) is 0 Å². The van der Waals surface area contributed by atoms with E-state index in [0.29, 0.717) is 9.23 Å². The number of carbonyl (C=O) groups is 1. The third-order valence-electron chi connectivity index (χ3n) is 4.29. The Bertz CT molecular complexity index is 715. The summed E-state index contributed by atoms with van der Waals surface area (Å²) in [4.78, 5) is 15.4. The van der Waals surface area contributed by atoms with Gasteiger partial charge >= 0.3 is 0 Å². The summed E-state index contributed by atoms with van der Waals surface area (Å²) in [5.74, 6) is 0.853. The lowest BCUT2D eigenvalue weighted by Gasteiger charge is -2.29. The highest BCUT2D eigenvalue weighted by molar-refractivity contribution is 14.1. The summed E-state index contributed by atoms with van der Waals surface area (Å²) in [7, 11) is 1.66. The van der Waals surface area contributed by atoms with Crippen LogP contribution in [0.4, 0.5) is 0 Å². The number of ether oxygens (including phenoxy) is 1. The second kappa shape index (κ2) is 8.22. The van der Waals surface area contributed by atoms with Crippen LogP contribution in [0, 0.1) is 7.14 Å². The predicted octanol–water partition coefficient (Wildman–Crippen LogP) is 5.44. The lowest BCUT2D eigenvalue weighted by atomic mass is 9.94. The Morgan fingerprint density at radius 3 is 2.67 bits per heavy atom. The number of amides is 1. The topological polar surface area (TPSA) is 29.5 Å². The van der Waals surface area contributed by atoms with Crippen LogP contribution in [0.2, 0.25) is 0 Å². The molecule has 1 aromatic rings. The molecule has 1 heterocycles. The van der Waals surface area contributed by atoms with Crippen molar-refractivity contribution in [2.75, 3.05) is 7.11 Å². The minimum Gasteiger partial charge on any atom is -0.495 e. The summed E-state index contributed by atoms with van der Waals surface area (Å²) < 4.78 is 8.37. The number of benzene rings is 1. The highest BCUT2D eigenvalue weighted by Crippen LogP contribution is 2.39. The van der Waals surface area contributed by atoms with Crippen LogP contribution in [0.3, 0.4) is 0 Å². The Hall–Kier alpha value is 0.130. The average molecular weight is 585 g/mol. The minimum atomic E-state index is 0.0489. The van der Waals surface area contributed by atoms with Gasteiger partial charge < -0.3 is 4.74 Å². The van der Waals surface area contributed by atoms with Gasteiger partial charge in [-0.05, 0) is 76.2 Å². The maximum Gasteiger partial charge on any atom is 0.266 e. The zero-order chi connectivity index (χ0) is 17.3. The van der Waals surface area contributed by atoms with Crippen LogP contribution in [0.5, 0.6) is 5.75 Å². The van der Waals surface area contributed by atoms with Gasteiger partial charge in [0.1, 0.15) is 10.1 Å². The van der Waals surface area contributed by atoms with Crippen LogP contribution in [0.1, 0.15) is 37.7 Å². The van der Waals surface area contributed by atoms with Crippen molar-refractivity contribution in [2.24, 2.45) is 0 Å². The van der Waals surface area contributed by atoms with Crippen LogP contribution in [0.15, 0.2) is 17.0 Å². The van der Waals surface area contributed by atoms with Gasteiger partial charge in [-0.25, -0.2) is 0 Å². The quantitative estimate of drug-likeness (QED) is 0.269. The summed E-state index contributed by atoms with van der Waals surface area (Å²) in [5, 5.41) is 0. The molecule has 0 aromatic heterocycles. The Morgan fingerprint density at radius 2 is 2.00 bits per heavy atom. The Balaban J connectivity index is 1.92. The molecule has 1 aliphatic heterocycles. The number of thioether (sulfide) groups is 1. The molecule has 1 aliphatic carbocycles. The van der Waals surface area contributed by atoms with Gasteiger partial charge in [0, 0.05) is 15.2 Å². The Kier molecular flexibility index (Phi) is 6.47. The molecule has 0 atom stereocenters. The van der Waals surface area contributed by atoms with Gasteiger partial charge in [0.2, 0.25) is 0 Å². The van der Waals surface area contributed by atoms with Crippen molar-refractivity contribution in [2.45, 2.75) is 38.1 Å². The molecule has 1 saturated carbocycles. The lowest BCUT2D eigenvalue weighted by Crippen LogP contribution is -2.39. The Labute approximate surface area is 179 Å². The summed E-state index contributed by atoms with van der Waals surface area (Å²) in [6.07, 6.45) is 7.67. The smallest absolute Gasteiger partial charge is 0.266 e. The van der Waals surface area contributed by atoms with Crippen molar-refractivity contribution >= 4 is 85.5 Å². The van der Waals surface area contributed by atoms with E-state index in [0.717, 1.165) is 31.3 Å². The van der Waals surface area contributed by atoms with E-state index < -0.39 is 0 Å². The van der Waals surface area contributed by atoms with Crippen LogP contribution >= 0.6 is 69.2 Å². The molecule has 0 radical (unpaired) electrons. The molecule has 7 heteroatoms. The van der Waals surface area contributed by atoms with E-state index in [1.54, 1.807) is 7.11 Å². The van der Waals surface area contributed by atoms with E-state index in [9.17, 15) is 4.79 Å². The van der Waals surface area contributed by atoms with Gasteiger partial charge in [0.05, 0.1) is 15.6 Å². The first kappa shape index (κ1) is 18.9. The maximum absolute atomic E-state index is 12.9. The SMILES string of the molecule is COc1c(I)cc(I)cc1/C=C1\SC(=S)N(C2CCCCC2)C1=O. The zero-order valence-electron chi connectivity index (χ0n) is 13.2. The van der Waals surface area contributed by atoms with Gasteiger partial charge in [-0.15, -0.1) is 0 Å². The number of thiocarbonyl (C=S) groups is 1. The van der Waals surface area contributed by atoms with Crippen molar-refractivity contribution < 1.29 is 9.53 Å². The number of hydrogen-bond donors (Lipinski definition) is 0. The predicted molar refractivity (Wildman–Crippen MR) is 120 cm³/mol. The molecule has 24 heavy (non-hydrogen) atoms. The summed E-state index contributed by atoms with van der Waals surface area (Å²) in [6, 6.07) is 4.37.